The van der Waals surface area contributed by atoms with Crippen molar-refractivity contribution in [2.45, 2.75) is 51.0 Å². The van der Waals surface area contributed by atoms with Crippen LogP contribution in [0.1, 0.15) is 20.8 Å². The Morgan fingerprint density at radius 2 is 1.80 bits per heavy atom. The predicted octanol–water partition coefficient (Wildman–Crippen LogP) is -1.23. The lowest BCUT2D eigenvalue weighted by Gasteiger charge is -2.44. The van der Waals surface area contributed by atoms with E-state index in [4.69, 9.17) is 4.74 Å². The first-order chi connectivity index (χ1) is 6.75. The molecule has 3 N–H and O–H groups in total. The van der Waals surface area contributed by atoms with E-state index < -0.39 is 36.2 Å². The number of carbonyl (C=O) groups is 1. The first-order valence-electron chi connectivity index (χ1n) is 4.65. The van der Waals surface area contributed by atoms with Gasteiger partial charge < -0.3 is 24.8 Å². The zero-order valence-electron chi connectivity index (χ0n) is 8.88. The predicted molar refractivity (Wildman–Crippen MR) is 48.7 cm³/mol. The van der Waals surface area contributed by atoms with E-state index in [0.717, 1.165) is 0 Å². The number of aliphatic hydroxyl groups is 3. The van der Waals surface area contributed by atoms with Gasteiger partial charge in [0.1, 0.15) is 18.3 Å². The highest BCUT2D eigenvalue weighted by molar-refractivity contribution is 5.66. The first-order valence-corrected chi connectivity index (χ1v) is 4.65. The molecule has 0 bridgehead atoms. The molecule has 0 saturated carbocycles. The van der Waals surface area contributed by atoms with Crippen LogP contribution in [-0.2, 0) is 14.3 Å². The van der Waals surface area contributed by atoms with E-state index in [0.29, 0.717) is 0 Å². The third-order valence-corrected chi connectivity index (χ3v) is 2.37. The Morgan fingerprint density at radius 1 is 1.27 bits per heavy atom. The quantitative estimate of drug-likeness (QED) is 0.479. The summed E-state index contributed by atoms with van der Waals surface area (Å²) < 4.78 is 9.85. The molecular formula is C9H16O6. The summed E-state index contributed by atoms with van der Waals surface area (Å²) in [5, 5.41) is 28.5. The molecule has 1 rings (SSSR count). The maximum Gasteiger partial charge on any atom is 0.305 e. The minimum atomic E-state index is -1.45. The Morgan fingerprint density at radius 3 is 2.27 bits per heavy atom. The molecule has 0 aromatic carbocycles. The monoisotopic (exact) mass is 220 g/mol. The molecule has 0 aromatic heterocycles. The van der Waals surface area contributed by atoms with Crippen molar-refractivity contribution in [3.8, 4) is 0 Å². The summed E-state index contributed by atoms with van der Waals surface area (Å²) in [5.74, 6) is -0.626. The highest BCUT2D eigenvalue weighted by atomic mass is 16.7. The van der Waals surface area contributed by atoms with Crippen LogP contribution in [0.15, 0.2) is 0 Å². The minimum Gasteiger partial charge on any atom is -0.433 e. The van der Waals surface area contributed by atoms with Crippen LogP contribution in [0.25, 0.3) is 0 Å². The Hall–Kier alpha value is -0.690. The van der Waals surface area contributed by atoms with Crippen LogP contribution in [0, 0.1) is 0 Å². The van der Waals surface area contributed by atoms with Crippen molar-refractivity contribution < 1.29 is 29.6 Å². The number of hydrogen-bond donors (Lipinski definition) is 3. The van der Waals surface area contributed by atoms with E-state index in [-0.39, 0.29) is 0 Å². The van der Waals surface area contributed by atoms with Gasteiger partial charge in [-0.25, -0.2) is 0 Å². The fourth-order valence-corrected chi connectivity index (χ4v) is 1.46. The molecule has 1 aliphatic heterocycles. The van der Waals surface area contributed by atoms with Gasteiger partial charge in [0.2, 0.25) is 6.29 Å². The van der Waals surface area contributed by atoms with Crippen molar-refractivity contribution in [1.82, 2.24) is 0 Å². The van der Waals surface area contributed by atoms with Crippen LogP contribution in [0.5, 0.6) is 0 Å². The number of rotatable bonds is 1. The SMILES string of the molecule is CC(=O)O[C@@H]1OC(C)(C)[C@H](O)[C@@H](O)[C@H]1O. The van der Waals surface area contributed by atoms with Crippen LogP contribution < -0.4 is 0 Å². The van der Waals surface area contributed by atoms with Crippen LogP contribution in [0.3, 0.4) is 0 Å². The maximum atomic E-state index is 10.7. The Kier molecular flexibility index (Phi) is 3.34. The Labute approximate surface area is 87.4 Å². The van der Waals surface area contributed by atoms with E-state index >= 15 is 0 Å². The van der Waals surface area contributed by atoms with Crippen LogP contribution in [0.2, 0.25) is 0 Å². The van der Waals surface area contributed by atoms with Gasteiger partial charge in [0.05, 0.1) is 5.60 Å². The van der Waals surface area contributed by atoms with Gasteiger partial charge in [-0.05, 0) is 13.8 Å². The smallest absolute Gasteiger partial charge is 0.305 e. The molecular weight excluding hydrogens is 204 g/mol. The zero-order chi connectivity index (χ0) is 11.8. The van der Waals surface area contributed by atoms with Gasteiger partial charge in [0.25, 0.3) is 0 Å². The number of ether oxygens (including phenoxy) is 2. The molecule has 0 aliphatic carbocycles. The second-order valence-electron chi connectivity index (χ2n) is 4.13. The van der Waals surface area contributed by atoms with Crippen LogP contribution in [0.4, 0.5) is 0 Å². The van der Waals surface area contributed by atoms with Crippen LogP contribution >= 0.6 is 0 Å². The van der Waals surface area contributed by atoms with Crippen LogP contribution in [-0.4, -0.2) is 51.5 Å². The lowest BCUT2D eigenvalue weighted by atomic mass is 9.90. The number of hydrogen-bond acceptors (Lipinski definition) is 6. The molecule has 6 nitrogen and oxygen atoms in total. The second kappa shape index (κ2) is 4.05. The van der Waals surface area contributed by atoms with Crippen molar-refractivity contribution in [2.75, 3.05) is 0 Å². The fourth-order valence-electron chi connectivity index (χ4n) is 1.46. The summed E-state index contributed by atoms with van der Waals surface area (Å²) >= 11 is 0. The summed E-state index contributed by atoms with van der Waals surface area (Å²) in [6.45, 7) is 4.23. The molecule has 88 valence electrons. The van der Waals surface area contributed by atoms with E-state index in [9.17, 15) is 20.1 Å². The third-order valence-electron chi connectivity index (χ3n) is 2.37. The molecule has 0 amide bonds. The van der Waals surface area contributed by atoms with Gasteiger partial charge in [-0.2, -0.15) is 0 Å². The number of aliphatic hydroxyl groups excluding tert-OH is 3. The lowest BCUT2D eigenvalue weighted by Crippen LogP contribution is -2.62. The highest BCUT2D eigenvalue weighted by Gasteiger charge is 2.49. The van der Waals surface area contributed by atoms with Crippen molar-refractivity contribution in [2.24, 2.45) is 0 Å². The topological polar surface area (TPSA) is 96.2 Å². The summed E-state index contributed by atoms with van der Waals surface area (Å²) in [6.07, 6.45) is -5.34. The molecule has 4 atom stereocenters. The molecule has 0 spiro atoms. The largest absolute Gasteiger partial charge is 0.433 e. The average Bonchev–Trinajstić information content (AvgIpc) is 2.10. The van der Waals surface area contributed by atoms with Gasteiger partial charge in [0, 0.05) is 6.92 Å². The van der Waals surface area contributed by atoms with Crippen molar-refractivity contribution in [3.63, 3.8) is 0 Å². The Balaban J connectivity index is 2.79. The molecule has 6 heteroatoms. The summed E-state index contributed by atoms with van der Waals surface area (Å²) in [4.78, 5) is 10.7. The third kappa shape index (κ3) is 2.46. The first kappa shape index (κ1) is 12.4. The van der Waals surface area contributed by atoms with E-state index in [1.54, 1.807) is 0 Å². The molecule has 1 fully saturated rings. The van der Waals surface area contributed by atoms with E-state index in [2.05, 4.69) is 4.74 Å². The van der Waals surface area contributed by atoms with Gasteiger partial charge in [-0.3, -0.25) is 4.79 Å². The average molecular weight is 220 g/mol. The molecule has 15 heavy (non-hydrogen) atoms. The van der Waals surface area contributed by atoms with Crippen molar-refractivity contribution in [1.29, 1.82) is 0 Å². The lowest BCUT2D eigenvalue weighted by molar-refractivity contribution is -0.313. The molecule has 1 saturated heterocycles. The van der Waals surface area contributed by atoms with Gasteiger partial charge in [-0.15, -0.1) is 0 Å². The zero-order valence-corrected chi connectivity index (χ0v) is 8.88. The fraction of sp³-hybridized carbons (Fsp3) is 0.889. The van der Waals surface area contributed by atoms with E-state index in [1.165, 1.54) is 20.8 Å². The van der Waals surface area contributed by atoms with Gasteiger partial charge in [-0.1, -0.05) is 0 Å². The number of esters is 1. The van der Waals surface area contributed by atoms with E-state index in [1.807, 2.05) is 0 Å². The highest BCUT2D eigenvalue weighted by Crippen LogP contribution is 2.29. The summed E-state index contributed by atoms with van der Waals surface area (Å²) in [5.41, 5.74) is -1.08. The summed E-state index contributed by atoms with van der Waals surface area (Å²) in [6, 6.07) is 0. The molecule has 0 aromatic rings. The Bertz CT molecular complexity index is 251. The normalized spacial score (nSPS) is 39.9. The second-order valence-corrected chi connectivity index (χ2v) is 4.13. The van der Waals surface area contributed by atoms with Crippen molar-refractivity contribution >= 4 is 5.97 Å². The molecule has 1 heterocycles. The molecule has 0 radical (unpaired) electrons. The minimum absolute atomic E-state index is 0.626. The number of carbonyl (C=O) groups excluding carboxylic acids is 1. The maximum absolute atomic E-state index is 10.7. The van der Waals surface area contributed by atoms with Crippen molar-refractivity contribution in [3.05, 3.63) is 0 Å². The van der Waals surface area contributed by atoms with Gasteiger partial charge >= 0.3 is 5.97 Å². The standard InChI is InChI=1S/C9H16O6/c1-4(10)14-8-6(12)5(11)7(13)9(2,3)15-8/h5-8,11-13H,1-3H3/t5-,6+,7+,8+/m0/s1. The molecule has 0 unspecified atom stereocenters. The van der Waals surface area contributed by atoms with Gasteiger partial charge in [0.15, 0.2) is 0 Å². The molecule has 1 aliphatic rings. The summed E-state index contributed by atoms with van der Waals surface area (Å²) in [7, 11) is 0.